The number of nitrogens with two attached hydrogens (primary N) is 1. The molecule has 9 N–H and O–H groups in total. The maximum atomic E-state index is 12.3. The zero-order valence-corrected chi connectivity index (χ0v) is 42.4. The van der Waals surface area contributed by atoms with Crippen molar-refractivity contribution in [2.75, 3.05) is 45.6 Å². The molecule has 394 valence electrons. The first-order valence-corrected chi connectivity index (χ1v) is 26.1. The number of guanidine groups is 1. The fourth-order valence-corrected chi connectivity index (χ4v) is 11.5. The van der Waals surface area contributed by atoms with Gasteiger partial charge in [-0.15, -0.1) is 0 Å². The summed E-state index contributed by atoms with van der Waals surface area (Å²) in [6.45, 7) is 3.68. The molecule has 6 heterocycles. The van der Waals surface area contributed by atoms with Gasteiger partial charge in [0, 0.05) is 94.3 Å². The van der Waals surface area contributed by atoms with E-state index in [9.17, 15) is 25.2 Å². The van der Waals surface area contributed by atoms with E-state index in [1.54, 1.807) is 30.7 Å². The second kappa shape index (κ2) is 24.0. The van der Waals surface area contributed by atoms with Crippen molar-refractivity contribution < 1.29 is 44.2 Å². The van der Waals surface area contributed by atoms with Gasteiger partial charge >= 0.3 is 5.97 Å². The highest BCUT2D eigenvalue weighted by Gasteiger charge is 2.53. The zero-order chi connectivity index (χ0) is 51.6. The third kappa shape index (κ3) is 12.5. The van der Waals surface area contributed by atoms with Gasteiger partial charge < -0.3 is 66.0 Å². The van der Waals surface area contributed by atoms with Gasteiger partial charge in [0.15, 0.2) is 29.0 Å². The molecule has 4 aromatic rings. The predicted molar refractivity (Wildman–Crippen MR) is 281 cm³/mol. The van der Waals surface area contributed by atoms with E-state index >= 15 is 0 Å². The number of aromatic nitrogens is 2. The smallest absolute Gasteiger partial charge is 0.302 e. The average molecular weight is 1010 g/mol. The number of carbonyl (C=O) groups is 1. The summed E-state index contributed by atoms with van der Waals surface area (Å²) in [5.41, 5.74) is 12.5. The number of nitrogens with one attached hydrogen (secondary N) is 3. The lowest BCUT2D eigenvalue weighted by Crippen LogP contribution is -2.74. The number of allylic oxidation sites excluding steroid dienone is 2. The Labute approximate surface area is 432 Å². The maximum absolute atomic E-state index is 12.3. The number of hydrogen-bond donors (Lipinski definition) is 8. The van der Waals surface area contributed by atoms with Crippen LogP contribution in [-0.2, 0) is 33.5 Å². The first kappa shape index (κ1) is 52.0. The first-order valence-electron chi connectivity index (χ1n) is 26.1. The topological polar surface area (TPSA) is 251 Å². The van der Waals surface area contributed by atoms with Crippen molar-refractivity contribution in [3.05, 3.63) is 119 Å². The molecular weight excluding hydrogens is 943 g/mol. The van der Waals surface area contributed by atoms with Crippen LogP contribution in [0.4, 0.5) is 5.82 Å². The van der Waals surface area contributed by atoms with Crippen molar-refractivity contribution in [2.45, 2.75) is 127 Å². The molecule has 3 fully saturated rings. The molecular formula is C56H71N9O9. The molecule has 5 aliphatic rings. The van der Waals surface area contributed by atoms with Gasteiger partial charge in [-0.2, -0.15) is 0 Å². The largest absolute Gasteiger partial charge is 0.504 e. The summed E-state index contributed by atoms with van der Waals surface area (Å²) < 4.78 is 25.3. The number of hydrogen-bond acceptors (Lipinski definition) is 16. The number of benzene rings is 2. The number of fused-ring (bicyclic) bond motifs is 1. The Hall–Kier alpha value is -6.89. The van der Waals surface area contributed by atoms with Gasteiger partial charge in [-0.25, -0.2) is 4.98 Å². The monoisotopic (exact) mass is 1010 g/mol. The summed E-state index contributed by atoms with van der Waals surface area (Å²) >= 11 is 0. The molecule has 9 rings (SSSR count). The highest BCUT2D eigenvalue weighted by atomic mass is 16.6. The van der Waals surface area contributed by atoms with E-state index in [2.05, 4.69) is 36.9 Å². The number of pyridine rings is 2. The van der Waals surface area contributed by atoms with Gasteiger partial charge in [-0.05, 0) is 136 Å². The standard InChI is InChI=1S/C56H71N9O9/c1-35(67)72-42-29-40(73-49(30-42)39-27-48(69)53(70)51(28-39)71-24-17-38-8-4-19-59-32-38)13-11-37-12-14-47(68)50(25-37)74-41-9-3-18-56(31-41)44(33-58-2)54(65-34-45-43(16-22-60-45)46(65)10-6-23-66)63-55(64-56)62-20-5-7-36-15-21-61-52(57)26-36/h4,8,12,14-16,19,21-22,25-28,32,40-42,44,49,54,58,66,68-70H,3,5-7,9-11,13,17-18,20,23-24,29-31,33-34H2,1-2H3,(H2,57,61)(H2,62,63,64). The summed E-state index contributed by atoms with van der Waals surface area (Å²) in [6.07, 6.45) is 16.2. The summed E-state index contributed by atoms with van der Waals surface area (Å²) in [6, 6.07) is 16.3. The third-order valence-corrected chi connectivity index (χ3v) is 14.9. The Balaban J connectivity index is 0.906. The number of aromatic hydroxyl groups is 3. The van der Waals surface area contributed by atoms with Gasteiger partial charge in [-0.1, -0.05) is 12.1 Å². The molecule has 2 saturated heterocycles. The number of aliphatic hydroxyl groups is 1. The number of phenolic OH excluding ortho intramolecular Hbond substituents is 3. The summed E-state index contributed by atoms with van der Waals surface area (Å²) in [5.74, 6) is 0.792. The van der Waals surface area contributed by atoms with Crippen molar-refractivity contribution in [3.8, 4) is 28.7 Å². The van der Waals surface area contributed by atoms with Crippen molar-refractivity contribution in [3.63, 3.8) is 0 Å². The number of aryl methyl sites for hydroxylation is 2. The molecule has 2 aromatic heterocycles. The highest BCUT2D eigenvalue weighted by molar-refractivity contribution is 6.09. The van der Waals surface area contributed by atoms with E-state index < -0.39 is 23.7 Å². The fourth-order valence-electron chi connectivity index (χ4n) is 11.5. The Bertz CT molecular complexity index is 2720. The summed E-state index contributed by atoms with van der Waals surface area (Å²) in [7, 11) is 1.99. The minimum atomic E-state index is -0.561. The van der Waals surface area contributed by atoms with Crippen LogP contribution in [0, 0.1) is 5.92 Å². The van der Waals surface area contributed by atoms with E-state index in [4.69, 9.17) is 34.7 Å². The van der Waals surface area contributed by atoms with E-state index in [-0.39, 0.29) is 60.5 Å². The Morgan fingerprint density at radius 1 is 0.986 bits per heavy atom. The number of carbonyl (C=O) groups excluding carboxylic acids is 1. The van der Waals surface area contributed by atoms with Gasteiger partial charge in [-0.3, -0.25) is 19.8 Å². The Morgan fingerprint density at radius 2 is 1.86 bits per heavy atom. The van der Waals surface area contributed by atoms with Gasteiger partial charge in [0.25, 0.3) is 0 Å². The fraction of sp³-hybridized carbons (Fsp3) is 0.482. The van der Waals surface area contributed by atoms with Crippen LogP contribution < -0.4 is 31.2 Å². The lowest BCUT2D eigenvalue weighted by molar-refractivity contribution is -0.160. The molecule has 7 unspecified atom stereocenters. The minimum absolute atomic E-state index is 0.0444. The molecule has 74 heavy (non-hydrogen) atoms. The number of aliphatic hydroxyl groups excluding tert-OH is 1. The van der Waals surface area contributed by atoms with Crippen molar-refractivity contribution in [1.82, 2.24) is 30.8 Å². The number of nitrogen functional groups attached to an aromatic ring is 1. The second-order valence-electron chi connectivity index (χ2n) is 20.1. The second-order valence-corrected chi connectivity index (χ2v) is 20.1. The van der Waals surface area contributed by atoms with Crippen LogP contribution >= 0.6 is 0 Å². The van der Waals surface area contributed by atoms with Crippen LogP contribution in [0.2, 0.25) is 0 Å². The molecule has 18 heteroatoms. The quantitative estimate of drug-likeness (QED) is 0.0259. The van der Waals surface area contributed by atoms with E-state index in [1.165, 1.54) is 18.7 Å². The molecule has 0 bridgehead atoms. The predicted octanol–water partition coefficient (Wildman–Crippen LogP) is 6.30. The van der Waals surface area contributed by atoms with Crippen molar-refractivity contribution in [2.24, 2.45) is 15.9 Å². The lowest BCUT2D eigenvalue weighted by atomic mass is 9.69. The minimum Gasteiger partial charge on any atom is -0.504 e. The zero-order valence-electron chi connectivity index (χ0n) is 42.4. The molecule has 1 saturated carbocycles. The Morgan fingerprint density at radius 3 is 2.68 bits per heavy atom. The molecule has 1 aliphatic carbocycles. The van der Waals surface area contributed by atoms with Gasteiger partial charge in [0.05, 0.1) is 36.6 Å². The summed E-state index contributed by atoms with van der Waals surface area (Å²) in [5, 5.41) is 54.1. The molecule has 1 spiro atoms. The number of esters is 1. The van der Waals surface area contributed by atoms with Crippen LogP contribution in [0.15, 0.2) is 107 Å². The van der Waals surface area contributed by atoms with Gasteiger partial charge in [0.2, 0.25) is 5.75 Å². The average Bonchev–Trinajstić information content (AvgIpc) is 4.00. The van der Waals surface area contributed by atoms with Crippen LogP contribution in [-0.4, -0.2) is 123 Å². The number of phenols is 3. The van der Waals surface area contributed by atoms with Crippen molar-refractivity contribution >= 4 is 23.5 Å². The van der Waals surface area contributed by atoms with Crippen molar-refractivity contribution in [1.29, 1.82) is 0 Å². The molecule has 4 aliphatic heterocycles. The van der Waals surface area contributed by atoms with Crippen LogP contribution in [0.25, 0.3) is 0 Å². The van der Waals surface area contributed by atoms with E-state index in [0.29, 0.717) is 81.7 Å². The first-order chi connectivity index (χ1) is 36.0. The SMILES string of the molecule is CNCC1C(N2CC3=NC=CC3=C2CCCO)NC(=NCCCc2ccnc(N)c2)NC12CCCC(Oc1cc(CCC3CC(OC(C)=O)CC(c4cc(O)c(O)c(OCCc5cccnc5)c4)O3)ccc1O)C2. The van der Waals surface area contributed by atoms with E-state index in [1.807, 2.05) is 49.6 Å². The lowest BCUT2D eigenvalue weighted by Gasteiger charge is -2.55. The van der Waals surface area contributed by atoms with Gasteiger partial charge in [0.1, 0.15) is 24.2 Å². The number of ether oxygens (including phenoxy) is 4. The van der Waals surface area contributed by atoms with Crippen LogP contribution in [0.1, 0.15) is 99.5 Å². The van der Waals surface area contributed by atoms with Crippen LogP contribution in [0.5, 0.6) is 28.7 Å². The molecule has 2 aromatic carbocycles. The maximum Gasteiger partial charge on any atom is 0.302 e. The number of rotatable bonds is 21. The van der Waals surface area contributed by atoms with Crippen LogP contribution in [0.3, 0.4) is 0 Å². The number of nitrogens with zero attached hydrogens (tertiary/aromatic N) is 5. The number of aliphatic imine (C=N–C) groups is 2. The molecule has 0 radical (unpaired) electrons. The third-order valence-electron chi connectivity index (χ3n) is 14.9. The molecule has 18 nitrogen and oxygen atoms in total. The summed E-state index contributed by atoms with van der Waals surface area (Å²) in [4.78, 5) is 32.9. The van der Waals surface area contributed by atoms with E-state index in [0.717, 1.165) is 72.5 Å². The normalized spacial score (nSPS) is 24.9. The highest BCUT2D eigenvalue weighted by Crippen LogP contribution is 2.45. The molecule has 7 atom stereocenters. The Kier molecular flexibility index (Phi) is 16.8. The molecule has 0 amide bonds. The number of anilines is 1.